The lowest BCUT2D eigenvalue weighted by Crippen LogP contribution is -2.47. The van der Waals surface area contributed by atoms with Crippen molar-refractivity contribution in [1.29, 1.82) is 0 Å². The van der Waals surface area contributed by atoms with Gasteiger partial charge in [-0.15, -0.1) is 21.5 Å². The van der Waals surface area contributed by atoms with E-state index in [0.717, 1.165) is 37.2 Å². The van der Waals surface area contributed by atoms with Gasteiger partial charge in [0.1, 0.15) is 10.5 Å². The first-order valence-corrected chi connectivity index (χ1v) is 7.88. The Kier molecular flexibility index (Phi) is 5.27. The molecule has 6 heteroatoms. The molecule has 1 atom stereocenters. The molecule has 1 saturated carbocycles. The minimum absolute atomic E-state index is 0.106. The molecule has 1 aromatic heterocycles. The highest BCUT2D eigenvalue weighted by Gasteiger charge is 2.26. The van der Waals surface area contributed by atoms with Crippen LogP contribution in [0.3, 0.4) is 0 Å². The maximum absolute atomic E-state index is 11.9. The largest absolute Gasteiger partial charge is 0.352 e. The van der Waals surface area contributed by atoms with Gasteiger partial charge < -0.3 is 10.6 Å². The Balaban J connectivity index is 1.76. The van der Waals surface area contributed by atoms with Crippen molar-refractivity contribution < 1.29 is 4.79 Å². The second-order valence-electron chi connectivity index (χ2n) is 5.11. The van der Waals surface area contributed by atoms with E-state index >= 15 is 0 Å². The maximum atomic E-state index is 11.9. The maximum Gasteiger partial charge on any atom is 0.237 e. The molecule has 1 fully saturated rings. The molecule has 0 aliphatic heterocycles. The van der Waals surface area contributed by atoms with E-state index in [1.807, 2.05) is 13.8 Å². The van der Waals surface area contributed by atoms with Gasteiger partial charge in [-0.3, -0.25) is 4.79 Å². The van der Waals surface area contributed by atoms with Crippen LogP contribution in [-0.4, -0.2) is 34.7 Å². The van der Waals surface area contributed by atoms with Crippen molar-refractivity contribution in [2.45, 2.75) is 57.5 Å². The van der Waals surface area contributed by atoms with Crippen molar-refractivity contribution in [2.75, 3.05) is 6.54 Å². The summed E-state index contributed by atoms with van der Waals surface area (Å²) in [5.41, 5.74) is 1.79. The van der Waals surface area contributed by atoms with Gasteiger partial charge in [-0.2, -0.15) is 0 Å². The molecule has 19 heavy (non-hydrogen) atoms. The van der Waals surface area contributed by atoms with E-state index in [1.54, 1.807) is 16.8 Å². The van der Waals surface area contributed by atoms with Gasteiger partial charge in [-0.1, -0.05) is 6.92 Å². The van der Waals surface area contributed by atoms with Gasteiger partial charge in [0, 0.05) is 12.0 Å². The van der Waals surface area contributed by atoms with E-state index in [2.05, 4.69) is 20.8 Å². The molecule has 0 saturated heterocycles. The van der Waals surface area contributed by atoms with Gasteiger partial charge in [0.15, 0.2) is 0 Å². The van der Waals surface area contributed by atoms with Gasteiger partial charge in [0.05, 0.1) is 6.04 Å². The fourth-order valence-corrected chi connectivity index (χ4v) is 3.29. The van der Waals surface area contributed by atoms with Crippen molar-refractivity contribution in [3.8, 4) is 0 Å². The number of amides is 1. The molecule has 0 spiro atoms. The van der Waals surface area contributed by atoms with Gasteiger partial charge >= 0.3 is 0 Å². The van der Waals surface area contributed by atoms with Crippen LogP contribution in [-0.2, 0) is 4.79 Å². The SMILES string of the molecule is CCN[C@H](C)C(=O)NC1CCC(c2nncs2)CC1. The molecule has 1 amide bonds. The molecule has 1 aliphatic rings. The van der Waals surface area contributed by atoms with Gasteiger partial charge in [0.2, 0.25) is 5.91 Å². The van der Waals surface area contributed by atoms with Crippen LogP contribution in [0.4, 0.5) is 0 Å². The van der Waals surface area contributed by atoms with Gasteiger partial charge in [-0.05, 0) is 39.2 Å². The van der Waals surface area contributed by atoms with Crippen LogP contribution in [0.15, 0.2) is 5.51 Å². The minimum atomic E-state index is -0.106. The number of nitrogens with zero attached hydrogens (tertiary/aromatic N) is 2. The highest BCUT2D eigenvalue weighted by atomic mass is 32.1. The summed E-state index contributed by atoms with van der Waals surface area (Å²) in [4.78, 5) is 11.9. The quantitative estimate of drug-likeness (QED) is 0.862. The summed E-state index contributed by atoms with van der Waals surface area (Å²) in [6, 6.07) is 0.212. The average Bonchev–Trinajstić information content (AvgIpc) is 2.94. The van der Waals surface area contributed by atoms with Crippen LogP contribution in [0.25, 0.3) is 0 Å². The zero-order valence-electron chi connectivity index (χ0n) is 11.6. The second kappa shape index (κ2) is 6.96. The summed E-state index contributed by atoms with van der Waals surface area (Å²) >= 11 is 1.64. The molecule has 0 unspecified atom stereocenters. The van der Waals surface area contributed by atoms with Crippen LogP contribution in [0, 0.1) is 0 Å². The average molecular weight is 282 g/mol. The molecule has 1 aromatic rings. The first-order chi connectivity index (χ1) is 9.20. The second-order valence-corrected chi connectivity index (χ2v) is 5.98. The Labute approximate surface area is 118 Å². The lowest BCUT2D eigenvalue weighted by Gasteiger charge is -2.28. The third kappa shape index (κ3) is 3.98. The van der Waals surface area contributed by atoms with E-state index in [4.69, 9.17) is 0 Å². The van der Waals surface area contributed by atoms with Crippen LogP contribution < -0.4 is 10.6 Å². The predicted molar refractivity (Wildman–Crippen MR) is 76.2 cm³/mol. The number of hydrogen-bond acceptors (Lipinski definition) is 5. The highest BCUT2D eigenvalue weighted by molar-refractivity contribution is 7.09. The Hall–Kier alpha value is -1.01. The van der Waals surface area contributed by atoms with Crippen molar-refractivity contribution in [2.24, 2.45) is 0 Å². The Bertz CT molecular complexity index is 387. The number of nitrogens with one attached hydrogen (secondary N) is 2. The number of likely N-dealkylation sites (N-methyl/N-ethyl adjacent to an activating group) is 1. The minimum Gasteiger partial charge on any atom is -0.352 e. The Morgan fingerprint density at radius 2 is 2.21 bits per heavy atom. The van der Waals surface area contributed by atoms with E-state index < -0.39 is 0 Å². The first-order valence-electron chi connectivity index (χ1n) is 7.00. The van der Waals surface area contributed by atoms with Crippen molar-refractivity contribution >= 4 is 17.2 Å². The summed E-state index contributed by atoms with van der Waals surface area (Å²) in [7, 11) is 0. The molecule has 0 aromatic carbocycles. The number of hydrogen-bond donors (Lipinski definition) is 2. The number of aromatic nitrogens is 2. The summed E-state index contributed by atoms with van der Waals surface area (Å²) in [6.45, 7) is 4.74. The van der Waals surface area contributed by atoms with Gasteiger partial charge in [-0.25, -0.2) is 0 Å². The summed E-state index contributed by atoms with van der Waals surface area (Å²) in [5.74, 6) is 0.646. The molecule has 1 aliphatic carbocycles. The fourth-order valence-electron chi connectivity index (χ4n) is 2.57. The Morgan fingerprint density at radius 1 is 1.47 bits per heavy atom. The standard InChI is InChI=1S/C13H22N4OS/c1-3-14-9(2)12(18)16-11-6-4-10(5-7-11)13-17-15-8-19-13/h8-11,14H,3-7H2,1-2H3,(H,16,18)/t9-,10?,11?/m1/s1. The summed E-state index contributed by atoms with van der Waals surface area (Å²) in [5, 5.41) is 15.5. The third-order valence-corrected chi connectivity index (χ3v) is 4.56. The van der Waals surface area contributed by atoms with Gasteiger partial charge in [0.25, 0.3) is 0 Å². The smallest absolute Gasteiger partial charge is 0.237 e. The summed E-state index contributed by atoms with van der Waals surface area (Å²) < 4.78 is 0. The van der Waals surface area contributed by atoms with Crippen LogP contribution in [0.1, 0.15) is 50.5 Å². The van der Waals surface area contributed by atoms with E-state index in [0.29, 0.717) is 12.0 Å². The lowest BCUT2D eigenvalue weighted by molar-refractivity contribution is -0.123. The van der Waals surface area contributed by atoms with Crippen molar-refractivity contribution in [3.05, 3.63) is 10.5 Å². The molecule has 0 radical (unpaired) electrons. The van der Waals surface area contributed by atoms with Crippen LogP contribution in [0.5, 0.6) is 0 Å². The molecule has 2 rings (SSSR count). The topological polar surface area (TPSA) is 66.9 Å². The monoisotopic (exact) mass is 282 g/mol. The van der Waals surface area contributed by atoms with Crippen molar-refractivity contribution in [1.82, 2.24) is 20.8 Å². The van der Waals surface area contributed by atoms with Crippen LogP contribution in [0.2, 0.25) is 0 Å². The molecule has 0 bridgehead atoms. The zero-order valence-corrected chi connectivity index (χ0v) is 12.4. The molecule has 106 valence electrons. The number of carbonyl (C=O) groups is 1. The zero-order chi connectivity index (χ0) is 13.7. The fraction of sp³-hybridized carbons (Fsp3) is 0.769. The molecular formula is C13H22N4OS. The van der Waals surface area contributed by atoms with E-state index in [-0.39, 0.29) is 11.9 Å². The number of carbonyl (C=O) groups excluding carboxylic acids is 1. The van der Waals surface area contributed by atoms with E-state index in [1.165, 1.54) is 0 Å². The molecule has 5 nitrogen and oxygen atoms in total. The Morgan fingerprint density at radius 3 is 2.79 bits per heavy atom. The first kappa shape index (κ1) is 14.4. The lowest BCUT2D eigenvalue weighted by atomic mass is 9.86. The molecular weight excluding hydrogens is 260 g/mol. The van der Waals surface area contributed by atoms with E-state index in [9.17, 15) is 4.79 Å². The highest BCUT2D eigenvalue weighted by Crippen LogP contribution is 2.33. The predicted octanol–water partition coefficient (Wildman–Crippen LogP) is 1.68. The third-order valence-electron chi connectivity index (χ3n) is 3.70. The van der Waals surface area contributed by atoms with Crippen molar-refractivity contribution in [3.63, 3.8) is 0 Å². The molecule has 1 heterocycles. The number of rotatable bonds is 5. The summed E-state index contributed by atoms with van der Waals surface area (Å²) in [6.07, 6.45) is 4.26. The molecule has 2 N–H and O–H groups in total. The van der Waals surface area contributed by atoms with Crippen LogP contribution >= 0.6 is 11.3 Å². The normalized spacial score (nSPS) is 24.9.